The highest BCUT2D eigenvalue weighted by molar-refractivity contribution is 4.88. The van der Waals surface area contributed by atoms with Crippen molar-refractivity contribution in [3.8, 4) is 0 Å². The van der Waals surface area contributed by atoms with E-state index in [0.29, 0.717) is 13.0 Å². The van der Waals surface area contributed by atoms with Crippen LogP contribution in [-0.2, 0) is 13.0 Å². The highest BCUT2D eigenvalue weighted by atomic mass is 16.3. The first-order chi connectivity index (χ1) is 7.42. The van der Waals surface area contributed by atoms with Gasteiger partial charge in [-0.05, 0) is 27.7 Å². The van der Waals surface area contributed by atoms with Crippen LogP contribution in [0.5, 0.6) is 0 Å². The molecule has 1 heterocycles. The smallest absolute Gasteiger partial charge is 0.138 e. The lowest BCUT2D eigenvalue weighted by Gasteiger charge is -2.22. The maximum atomic E-state index is 9.86. The van der Waals surface area contributed by atoms with Gasteiger partial charge in [-0.3, -0.25) is 4.68 Å². The van der Waals surface area contributed by atoms with Crippen LogP contribution in [0.2, 0.25) is 0 Å². The van der Waals surface area contributed by atoms with Crippen LogP contribution in [0.15, 0.2) is 6.33 Å². The Morgan fingerprint density at radius 2 is 2.19 bits per heavy atom. The molecule has 1 aromatic heterocycles. The lowest BCUT2D eigenvalue weighted by Crippen LogP contribution is -2.41. The fourth-order valence-electron chi connectivity index (χ4n) is 1.42. The Balaban J connectivity index is 2.42. The molecule has 1 rings (SSSR count). The molecule has 0 spiro atoms. The van der Waals surface area contributed by atoms with Gasteiger partial charge in [0.1, 0.15) is 12.2 Å². The van der Waals surface area contributed by atoms with E-state index < -0.39 is 6.10 Å². The van der Waals surface area contributed by atoms with Crippen molar-refractivity contribution in [3.63, 3.8) is 0 Å². The average molecular weight is 226 g/mol. The predicted octanol–water partition coefficient (Wildman–Crippen LogP) is 0.589. The van der Waals surface area contributed by atoms with E-state index in [1.54, 1.807) is 4.68 Å². The molecule has 5 nitrogen and oxygen atoms in total. The Morgan fingerprint density at radius 1 is 1.50 bits per heavy atom. The van der Waals surface area contributed by atoms with Crippen molar-refractivity contribution in [1.82, 2.24) is 20.1 Å². The highest BCUT2D eigenvalue weighted by Gasteiger charge is 2.14. The number of β-amino-alcohol motifs (C(OH)–C–C–N with tert-alkyl or cyclic N) is 1. The first kappa shape index (κ1) is 13.1. The molecule has 0 aromatic carbocycles. The molecule has 2 N–H and O–H groups in total. The molecule has 5 heteroatoms. The molecule has 0 amide bonds. The van der Waals surface area contributed by atoms with Crippen LogP contribution in [0.25, 0.3) is 0 Å². The summed E-state index contributed by atoms with van der Waals surface area (Å²) in [5.41, 5.74) is 0.0272. The van der Waals surface area contributed by atoms with Crippen LogP contribution in [-0.4, -0.2) is 38.1 Å². The number of aryl methyl sites for hydroxylation is 1. The highest BCUT2D eigenvalue weighted by Crippen LogP contribution is 2.02. The third-order valence-electron chi connectivity index (χ3n) is 2.28. The van der Waals surface area contributed by atoms with Crippen LogP contribution in [0.4, 0.5) is 0 Å². The van der Waals surface area contributed by atoms with E-state index in [-0.39, 0.29) is 5.54 Å². The first-order valence-corrected chi connectivity index (χ1v) is 5.72. The number of rotatable bonds is 5. The summed E-state index contributed by atoms with van der Waals surface area (Å²) in [7, 11) is 0. The van der Waals surface area contributed by atoms with Crippen molar-refractivity contribution in [3.05, 3.63) is 12.2 Å². The van der Waals surface area contributed by atoms with Crippen LogP contribution < -0.4 is 5.32 Å². The molecule has 0 fully saturated rings. The number of aliphatic hydroxyl groups is 1. The molecule has 16 heavy (non-hydrogen) atoms. The lowest BCUT2D eigenvalue weighted by atomic mass is 10.1. The van der Waals surface area contributed by atoms with Crippen LogP contribution in [0.1, 0.15) is 33.5 Å². The quantitative estimate of drug-likeness (QED) is 0.771. The van der Waals surface area contributed by atoms with Gasteiger partial charge in [-0.25, -0.2) is 4.98 Å². The number of nitrogens with zero attached hydrogens (tertiary/aromatic N) is 3. The van der Waals surface area contributed by atoms with E-state index in [2.05, 4.69) is 36.2 Å². The third kappa shape index (κ3) is 4.28. The van der Waals surface area contributed by atoms with Crippen LogP contribution >= 0.6 is 0 Å². The van der Waals surface area contributed by atoms with Gasteiger partial charge in [0.25, 0.3) is 0 Å². The van der Waals surface area contributed by atoms with E-state index in [1.165, 1.54) is 6.33 Å². The summed E-state index contributed by atoms with van der Waals surface area (Å²) in [6, 6.07) is 0. The van der Waals surface area contributed by atoms with Crippen molar-refractivity contribution in [2.45, 2.75) is 52.3 Å². The molecule has 92 valence electrons. The second kappa shape index (κ2) is 5.41. The van der Waals surface area contributed by atoms with Gasteiger partial charge in [-0.2, -0.15) is 5.10 Å². The van der Waals surface area contributed by atoms with Crippen molar-refractivity contribution in [2.75, 3.05) is 6.54 Å². The molecule has 1 aromatic rings. The molecule has 0 bridgehead atoms. The second-order valence-electron chi connectivity index (χ2n) is 4.98. The van der Waals surface area contributed by atoms with Gasteiger partial charge in [0.05, 0.1) is 6.10 Å². The first-order valence-electron chi connectivity index (χ1n) is 5.72. The molecule has 0 saturated carbocycles. The van der Waals surface area contributed by atoms with E-state index in [1.807, 2.05) is 6.92 Å². The zero-order chi connectivity index (χ0) is 12.2. The predicted molar refractivity (Wildman–Crippen MR) is 63.2 cm³/mol. The summed E-state index contributed by atoms with van der Waals surface area (Å²) < 4.78 is 1.81. The fraction of sp³-hybridized carbons (Fsp3) is 0.818. The molecule has 0 saturated heterocycles. The van der Waals surface area contributed by atoms with Gasteiger partial charge in [0.15, 0.2) is 0 Å². The fourth-order valence-corrected chi connectivity index (χ4v) is 1.42. The molecule has 0 aliphatic heterocycles. The van der Waals surface area contributed by atoms with Gasteiger partial charge < -0.3 is 10.4 Å². The SMILES string of the molecule is CCn1ncnc1CC(O)CNC(C)(C)C. The standard InChI is InChI=1S/C11H22N4O/c1-5-15-10(12-8-14-15)6-9(16)7-13-11(2,3)4/h8-9,13,16H,5-7H2,1-4H3. The minimum Gasteiger partial charge on any atom is -0.391 e. The van der Waals surface area contributed by atoms with Crippen molar-refractivity contribution < 1.29 is 5.11 Å². The monoisotopic (exact) mass is 226 g/mol. The minimum atomic E-state index is -0.422. The number of aromatic nitrogens is 3. The summed E-state index contributed by atoms with van der Waals surface area (Å²) in [4.78, 5) is 4.14. The van der Waals surface area contributed by atoms with Gasteiger partial charge >= 0.3 is 0 Å². The van der Waals surface area contributed by atoms with Gasteiger partial charge in [-0.15, -0.1) is 0 Å². The third-order valence-corrected chi connectivity index (χ3v) is 2.28. The Morgan fingerprint density at radius 3 is 2.75 bits per heavy atom. The molecular formula is C11H22N4O. The average Bonchev–Trinajstić information content (AvgIpc) is 2.61. The Hall–Kier alpha value is -0.940. The maximum Gasteiger partial charge on any atom is 0.138 e. The summed E-state index contributed by atoms with van der Waals surface area (Å²) >= 11 is 0. The number of nitrogens with one attached hydrogen (secondary N) is 1. The summed E-state index contributed by atoms with van der Waals surface area (Å²) in [5.74, 6) is 0.839. The van der Waals surface area contributed by atoms with Crippen molar-refractivity contribution in [2.24, 2.45) is 0 Å². The Kier molecular flexibility index (Phi) is 4.44. The van der Waals surface area contributed by atoms with E-state index >= 15 is 0 Å². The lowest BCUT2D eigenvalue weighted by molar-refractivity contribution is 0.157. The van der Waals surface area contributed by atoms with Gasteiger partial charge in [-0.1, -0.05) is 0 Å². The zero-order valence-electron chi connectivity index (χ0n) is 10.6. The van der Waals surface area contributed by atoms with E-state index in [9.17, 15) is 5.11 Å². The zero-order valence-corrected chi connectivity index (χ0v) is 10.6. The molecule has 1 unspecified atom stereocenters. The maximum absolute atomic E-state index is 9.86. The number of hydrogen-bond donors (Lipinski definition) is 2. The minimum absolute atomic E-state index is 0.0272. The van der Waals surface area contributed by atoms with Crippen molar-refractivity contribution >= 4 is 0 Å². The topological polar surface area (TPSA) is 63.0 Å². The number of aliphatic hydroxyl groups excluding tert-OH is 1. The van der Waals surface area contributed by atoms with E-state index in [0.717, 1.165) is 12.4 Å². The van der Waals surface area contributed by atoms with Gasteiger partial charge in [0.2, 0.25) is 0 Å². The van der Waals surface area contributed by atoms with Crippen LogP contribution in [0, 0.1) is 0 Å². The molecule has 1 atom stereocenters. The summed E-state index contributed by atoms with van der Waals surface area (Å²) in [6.45, 7) is 9.60. The Bertz CT molecular complexity index is 316. The second-order valence-corrected chi connectivity index (χ2v) is 4.98. The van der Waals surface area contributed by atoms with Gasteiger partial charge in [0, 0.05) is 25.0 Å². The Labute approximate surface area is 96.9 Å². The molecule has 0 aliphatic rings. The number of hydrogen-bond acceptors (Lipinski definition) is 4. The molecule has 0 aliphatic carbocycles. The summed E-state index contributed by atoms with van der Waals surface area (Å²) in [5, 5.41) is 17.2. The van der Waals surface area contributed by atoms with Crippen LogP contribution in [0.3, 0.4) is 0 Å². The molecular weight excluding hydrogens is 204 g/mol. The van der Waals surface area contributed by atoms with E-state index in [4.69, 9.17) is 0 Å². The molecule has 0 radical (unpaired) electrons. The normalized spacial score (nSPS) is 14.1. The summed E-state index contributed by atoms with van der Waals surface area (Å²) in [6.07, 6.45) is 1.65. The van der Waals surface area contributed by atoms with Crippen molar-refractivity contribution in [1.29, 1.82) is 0 Å². The largest absolute Gasteiger partial charge is 0.391 e.